The molecule has 1 atom stereocenters. The first kappa shape index (κ1) is 12.1. The van der Waals surface area contributed by atoms with Gasteiger partial charge < -0.3 is 4.57 Å². The van der Waals surface area contributed by atoms with Gasteiger partial charge in [0.15, 0.2) is 0 Å². The third-order valence-electron chi connectivity index (χ3n) is 2.96. The molecule has 0 saturated carbocycles. The Morgan fingerprint density at radius 2 is 2.21 bits per heavy atom. The number of pyridine rings is 1. The van der Waals surface area contributed by atoms with Crippen molar-refractivity contribution in [3.8, 4) is 0 Å². The van der Waals surface area contributed by atoms with Crippen molar-refractivity contribution in [3.05, 3.63) is 36.7 Å². The minimum atomic E-state index is -0.150. The summed E-state index contributed by atoms with van der Waals surface area (Å²) in [5, 5.41) is 7.60. The lowest BCUT2D eigenvalue weighted by Gasteiger charge is -2.10. The summed E-state index contributed by atoms with van der Waals surface area (Å²) in [6.45, 7) is 3.39. The molecule has 0 saturated heterocycles. The number of hydrogen-bond donors (Lipinski definition) is 0. The molecule has 3 heterocycles. The van der Waals surface area contributed by atoms with Gasteiger partial charge in [-0.15, -0.1) is 16.7 Å². The van der Waals surface area contributed by atoms with E-state index >= 15 is 0 Å². The van der Waals surface area contributed by atoms with E-state index in [2.05, 4.69) is 24.8 Å². The molecule has 98 valence electrons. The summed E-state index contributed by atoms with van der Waals surface area (Å²) in [6, 6.07) is 1.95. The molecule has 3 rings (SSSR count). The van der Waals surface area contributed by atoms with Gasteiger partial charge in [-0.3, -0.25) is 9.67 Å². The summed E-state index contributed by atoms with van der Waals surface area (Å²) in [7, 11) is 0. The molecule has 0 fully saturated rings. The fourth-order valence-corrected chi connectivity index (χ4v) is 2.26. The second-order valence-electron chi connectivity index (χ2n) is 4.27. The Labute approximate surface area is 115 Å². The number of halogens is 1. The minimum absolute atomic E-state index is 0.150. The Hall–Kier alpha value is -1.95. The summed E-state index contributed by atoms with van der Waals surface area (Å²) >= 11 is 6.20. The SMILES string of the molecule is CC(Cl)c1nc2cnccc2n1CCn1ccnn1. The van der Waals surface area contributed by atoms with E-state index < -0.39 is 0 Å². The Morgan fingerprint density at radius 1 is 1.32 bits per heavy atom. The number of hydrogen-bond acceptors (Lipinski definition) is 4. The predicted octanol–water partition coefficient (Wildman–Crippen LogP) is 2.02. The normalized spacial score (nSPS) is 12.9. The number of nitrogens with zero attached hydrogens (tertiary/aromatic N) is 6. The first-order valence-corrected chi connectivity index (χ1v) is 6.47. The van der Waals surface area contributed by atoms with E-state index in [1.54, 1.807) is 23.3 Å². The first-order valence-electron chi connectivity index (χ1n) is 6.04. The van der Waals surface area contributed by atoms with E-state index in [1.807, 2.05) is 19.2 Å². The molecule has 0 aliphatic rings. The van der Waals surface area contributed by atoms with Gasteiger partial charge in [0.25, 0.3) is 0 Å². The average molecular weight is 277 g/mol. The van der Waals surface area contributed by atoms with Crippen LogP contribution in [0.2, 0.25) is 0 Å². The molecular formula is C12H13ClN6. The lowest BCUT2D eigenvalue weighted by atomic mass is 10.4. The number of alkyl halides is 1. The third kappa shape index (κ3) is 2.31. The van der Waals surface area contributed by atoms with Crippen LogP contribution in [-0.4, -0.2) is 29.5 Å². The minimum Gasteiger partial charge on any atom is -0.325 e. The van der Waals surface area contributed by atoms with Crippen LogP contribution in [0.4, 0.5) is 0 Å². The molecule has 3 aromatic heterocycles. The third-order valence-corrected chi connectivity index (χ3v) is 3.16. The van der Waals surface area contributed by atoms with Crippen LogP contribution in [0.15, 0.2) is 30.9 Å². The zero-order chi connectivity index (χ0) is 13.2. The van der Waals surface area contributed by atoms with Crippen molar-refractivity contribution in [1.29, 1.82) is 0 Å². The fraction of sp³-hybridized carbons (Fsp3) is 0.333. The smallest absolute Gasteiger partial charge is 0.127 e. The largest absolute Gasteiger partial charge is 0.325 e. The molecule has 0 aliphatic heterocycles. The lowest BCUT2D eigenvalue weighted by molar-refractivity contribution is 0.515. The quantitative estimate of drug-likeness (QED) is 0.684. The molecule has 0 N–H and O–H groups in total. The lowest BCUT2D eigenvalue weighted by Crippen LogP contribution is -2.11. The van der Waals surface area contributed by atoms with Crippen molar-refractivity contribution in [3.63, 3.8) is 0 Å². The fourth-order valence-electron chi connectivity index (χ4n) is 2.09. The highest BCUT2D eigenvalue weighted by Crippen LogP contribution is 2.23. The van der Waals surface area contributed by atoms with Crippen molar-refractivity contribution < 1.29 is 0 Å². The molecule has 1 unspecified atom stereocenters. The van der Waals surface area contributed by atoms with Crippen LogP contribution in [-0.2, 0) is 13.1 Å². The van der Waals surface area contributed by atoms with Gasteiger partial charge in [-0.25, -0.2) is 4.98 Å². The van der Waals surface area contributed by atoms with Crippen LogP contribution >= 0.6 is 11.6 Å². The molecular weight excluding hydrogens is 264 g/mol. The topological polar surface area (TPSA) is 61.4 Å². The highest BCUT2D eigenvalue weighted by molar-refractivity contribution is 6.20. The van der Waals surface area contributed by atoms with Crippen molar-refractivity contribution in [1.82, 2.24) is 29.5 Å². The van der Waals surface area contributed by atoms with Gasteiger partial charge in [-0.05, 0) is 13.0 Å². The van der Waals surface area contributed by atoms with Crippen molar-refractivity contribution >= 4 is 22.6 Å². The Balaban J connectivity index is 1.97. The molecule has 0 aromatic carbocycles. The maximum absolute atomic E-state index is 6.20. The Morgan fingerprint density at radius 3 is 2.95 bits per heavy atom. The summed E-state index contributed by atoms with van der Waals surface area (Å²) in [6.07, 6.45) is 7.02. The second-order valence-corrected chi connectivity index (χ2v) is 4.92. The zero-order valence-electron chi connectivity index (χ0n) is 10.4. The van der Waals surface area contributed by atoms with E-state index in [9.17, 15) is 0 Å². The van der Waals surface area contributed by atoms with Gasteiger partial charge in [0, 0.05) is 18.9 Å². The van der Waals surface area contributed by atoms with Crippen LogP contribution < -0.4 is 0 Å². The predicted molar refractivity (Wildman–Crippen MR) is 71.8 cm³/mol. The van der Waals surface area contributed by atoms with E-state index in [1.165, 1.54) is 0 Å². The van der Waals surface area contributed by atoms with Crippen LogP contribution in [0.3, 0.4) is 0 Å². The van der Waals surface area contributed by atoms with Crippen molar-refractivity contribution in [2.24, 2.45) is 0 Å². The van der Waals surface area contributed by atoms with Gasteiger partial charge in [0.05, 0.1) is 29.8 Å². The van der Waals surface area contributed by atoms with Crippen LogP contribution in [0, 0.1) is 0 Å². The van der Waals surface area contributed by atoms with Gasteiger partial charge in [-0.2, -0.15) is 0 Å². The number of imidazole rings is 1. The maximum Gasteiger partial charge on any atom is 0.127 e. The highest BCUT2D eigenvalue weighted by atomic mass is 35.5. The molecule has 7 heteroatoms. The number of rotatable bonds is 4. The van der Waals surface area contributed by atoms with Gasteiger partial charge >= 0.3 is 0 Å². The summed E-state index contributed by atoms with van der Waals surface area (Å²) in [5.41, 5.74) is 1.90. The van der Waals surface area contributed by atoms with Crippen LogP contribution in [0.5, 0.6) is 0 Å². The van der Waals surface area contributed by atoms with Crippen molar-refractivity contribution in [2.45, 2.75) is 25.4 Å². The van der Waals surface area contributed by atoms with Gasteiger partial charge in [0.1, 0.15) is 11.3 Å². The van der Waals surface area contributed by atoms with E-state index in [0.717, 1.165) is 29.9 Å². The maximum atomic E-state index is 6.20. The van der Waals surface area contributed by atoms with Crippen LogP contribution in [0.1, 0.15) is 18.1 Å². The Bertz CT molecular complexity index is 673. The summed E-state index contributed by atoms with van der Waals surface area (Å²) < 4.78 is 3.89. The van der Waals surface area contributed by atoms with Gasteiger partial charge in [-0.1, -0.05) is 5.21 Å². The van der Waals surface area contributed by atoms with Crippen LogP contribution in [0.25, 0.3) is 11.0 Å². The molecule has 0 amide bonds. The molecule has 0 bridgehead atoms. The zero-order valence-corrected chi connectivity index (χ0v) is 11.2. The standard InChI is InChI=1S/C12H13ClN6/c1-9(13)12-16-10-8-14-3-2-11(10)19(12)7-6-18-5-4-15-17-18/h2-5,8-9H,6-7H2,1H3. The molecule has 19 heavy (non-hydrogen) atoms. The van der Waals surface area contributed by atoms with Gasteiger partial charge in [0.2, 0.25) is 0 Å². The monoisotopic (exact) mass is 276 g/mol. The summed E-state index contributed by atoms with van der Waals surface area (Å²) in [5.74, 6) is 0.852. The average Bonchev–Trinajstić information content (AvgIpc) is 3.03. The summed E-state index contributed by atoms with van der Waals surface area (Å²) in [4.78, 5) is 8.63. The van der Waals surface area contributed by atoms with Crippen molar-refractivity contribution in [2.75, 3.05) is 0 Å². The molecule has 6 nitrogen and oxygen atoms in total. The van der Waals surface area contributed by atoms with E-state index in [-0.39, 0.29) is 5.38 Å². The first-order chi connectivity index (χ1) is 9.25. The molecule has 3 aromatic rings. The highest BCUT2D eigenvalue weighted by Gasteiger charge is 2.14. The molecule has 0 spiro atoms. The van der Waals surface area contributed by atoms with E-state index in [0.29, 0.717) is 0 Å². The Kier molecular flexibility index (Phi) is 3.16. The van der Waals surface area contributed by atoms with E-state index in [4.69, 9.17) is 11.6 Å². The number of aromatic nitrogens is 6. The molecule has 0 radical (unpaired) electrons. The second kappa shape index (κ2) is 4.97. The number of fused-ring (bicyclic) bond motifs is 1. The molecule has 0 aliphatic carbocycles. The number of aryl methyl sites for hydroxylation is 2.